The van der Waals surface area contributed by atoms with Crippen LogP contribution in [-0.2, 0) is 6.61 Å². The van der Waals surface area contributed by atoms with Crippen molar-refractivity contribution >= 4 is 11.6 Å². The van der Waals surface area contributed by atoms with E-state index in [1.807, 2.05) is 44.2 Å². The van der Waals surface area contributed by atoms with E-state index in [1.165, 1.54) is 11.6 Å². The molecule has 0 heterocycles. The summed E-state index contributed by atoms with van der Waals surface area (Å²) >= 11 is 0. The molecule has 146 valence electrons. The Labute approximate surface area is 170 Å². The van der Waals surface area contributed by atoms with Crippen molar-refractivity contribution in [2.75, 3.05) is 6.61 Å². The largest absolute Gasteiger partial charge is 0.490 e. The fourth-order valence-corrected chi connectivity index (χ4v) is 2.86. The summed E-state index contributed by atoms with van der Waals surface area (Å²) in [6, 6.07) is 21.9. The van der Waals surface area contributed by atoms with Crippen LogP contribution in [0.3, 0.4) is 0 Å². The molecule has 29 heavy (non-hydrogen) atoms. The Morgan fingerprint density at radius 2 is 1.76 bits per heavy atom. The van der Waals surface area contributed by atoms with Crippen LogP contribution in [0.25, 0.3) is 11.6 Å². The first-order valence-corrected chi connectivity index (χ1v) is 9.42. The van der Waals surface area contributed by atoms with Crippen molar-refractivity contribution in [2.45, 2.75) is 20.5 Å². The number of hydrogen-bond acceptors (Lipinski definition) is 3. The second-order valence-corrected chi connectivity index (χ2v) is 6.56. The third kappa shape index (κ3) is 5.24. The van der Waals surface area contributed by atoms with Crippen molar-refractivity contribution in [2.24, 2.45) is 0 Å². The van der Waals surface area contributed by atoms with Gasteiger partial charge in [-0.25, -0.2) is 4.39 Å². The quantitative estimate of drug-likeness (QED) is 0.359. The lowest BCUT2D eigenvalue weighted by Crippen LogP contribution is -2.00. The molecule has 0 saturated carbocycles. The van der Waals surface area contributed by atoms with Gasteiger partial charge in [0, 0.05) is 5.56 Å². The van der Waals surface area contributed by atoms with Crippen LogP contribution in [-0.4, -0.2) is 6.61 Å². The van der Waals surface area contributed by atoms with Gasteiger partial charge in [-0.1, -0.05) is 54.1 Å². The van der Waals surface area contributed by atoms with E-state index in [-0.39, 0.29) is 11.1 Å². The van der Waals surface area contributed by atoms with Gasteiger partial charge in [-0.3, -0.25) is 0 Å². The molecule has 0 N–H and O–H groups in total. The van der Waals surface area contributed by atoms with Gasteiger partial charge in [0.2, 0.25) is 0 Å². The summed E-state index contributed by atoms with van der Waals surface area (Å²) in [6.07, 6.45) is 1.64. The summed E-state index contributed by atoms with van der Waals surface area (Å²) in [5.74, 6) is 0.775. The summed E-state index contributed by atoms with van der Waals surface area (Å²) < 4.78 is 25.7. The third-order valence-electron chi connectivity index (χ3n) is 4.38. The molecule has 0 spiro atoms. The average Bonchev–Trinajstić information content (AvgIpc) is 2.73. The summed E-state index contributed by atoms with van der Waals surface area (Å²) in [5, 5.41) is 9.48. The molecule has 0 saturated heterocycles. The van der Waals surface area contributed by atoms with Crippen LogP contribution < -0.4 is 9.47 Å². The topological polar surface area (TPSA) is 42.2 Å². The van der Waals surface area contributed by atoms with Crippen molar-refractivity contribution in [1.29, 1.82) is 5.26 Å². The number of rotatable bonds is 7. The van der Waals surface area contributed by atoms with Gasteiger partial charge < -0.3 is 9.47 Å². The van der Waals surface area contributed by atoms with Crippen LogP contribution in [0, 0.1) is 24.1 Å². The lowest BCUT2D eigenvalue weighted by atomic mass is 10.0. The number of hydrogen-bond donors (Lipinski definition) is 0. The molecule has 3 nitrogen and oxygen atoms in total. The van der Waals surface area contributed by atoms with Crippen LogP contribution in [0.5, 0.6) is 11.5 Å². The van der Waals surface area contributed by atoms with Crippen molar-refractivity contribution in [3.63, 3.8) is 0 Å². The second kappa shape index (κ2) is 9.57. The van der Waals surface area contributed by atoms with Gasteiger partial charge in [-0.15, -0.1) is 0 Å². The molecule has 3 aromatic rings. The number of ether oxygens (including phenoxy) is 2. The highest BCUT2D eigenvalue weighted by Crippen LogP contribution is 2.31. The normalized spacial score (nSPS) is 11.0. The Morgan fingerprint density at radius 3 is 2.45 bits per heavy atom. The van der Waals surface area contributed by atoms with Gasteiger partial charge in [-0.05, 0) is 49.2 Å². The molecular formula is C25H22FNO2. The molecule has 3 rings (SSSR count). The lowest BCUT2D eigenvalue weighted by molar-refractivity contribution is 0.269. The number of aryl methyl sites for hydroxylation is 1. The van der Waals surface area contributed by atoms with Gasteiger partial charge in [0.05, 0.1) is 18.2 Å². The van der Waals surface area contributed by atoms with E-state index in [4.69, 9.17) is 9.47 Å². The zero-order valence-electron chi connectivity index (χ0n) is 16.5. The molecular weight excluding hydrogens is 365 g/mol. The van der Waals surface area contributed by atoms with E-state index in [0.29, 0.717) is 24.7 Å². The fourth-order valence-electron chi connectivity index (χ4n) is 2.86. The molecule has 0 atom stereocenters. The number of nitrogens with zero attached hydrogens (tertiary/aromatic N) is 1. The zero-order chi connectivity index (χ0) is 20.6. The monoisotopic (exact) mass is 387 g/mol. The summed E-state index contributed by atoms with van der Waals surface area (Å²) in [6.45, 7) is 4.84. The number of benzene rings is 3. The Morgan fingerprint density at radius 1 is 1.00 bits per heavy atom. The fraction of sp³-hybridized carbons (Fsp3) is 0.160. The highest BCUT2D eigenvalue weighted by molar-refractivity contribution is 5.90. The van der Waals surface area contributed by atoms with Crippen LogP contribution >= 0.6 is 0 Å². The Balaban J connectivity index is 1.86. The Hall–Kier alpha value is -3.58. The maximum Gasteiger partial charge on any atom is 0.161 e. The average molecular weight is 387 g/mol. The van der Waals surface area contributed by atoms with Gasteiger partial charge >= 0.3 is 0 Å². The Bertz CT molecular complexity index is 1050. The maximum atomic E-state index is 14.0. The molecule has 0 radical (unpaired) electrons. The molecule has 0 aliphatic heterocycles. The molecule has 0 bridgehead atoms. The molecule has 0 aromatic heterocycles. The van der Waals surface area contributed by atoms with Crippen molar-refractivity contribution in [3.8, 4) is 17.6 Å². The first kappa shape index (κ1) is 20.2. The zero-order valence-corrected chi connectivity index (χ0v) is 16.5. The Kier molecular flexibility index (Phi) is 6.65. The van der Waals surface area contributed by atoms with Crippen molar-refractivity contribution < 1.29 is 13.9 Å². The minimum absolute atomic E-state index is 0.249. The van der Waals surface area contributed by atoms with Gasteiger partial charge in [0.1, 0.15) is 12.4 Å². The summed E-state index contributed by atoms with van der Waals surface area (Å²) in [5.41, 5.74) is 3.51. The minimum Gasteiger partial charge on any atom is -0.490 e. The van der Waals surface area contributed by atoms with E-state index in [0.717, 1.165) is 11.1 Å². The predicted octanol–water partition coefficient (Wildman–Crippen LogP) is 6.18. The molecule has 0 aliphatic carbocycles. The summed E-state index contributed by atoms with van der Waals surface area (Å²) in [4.78, 5) is 0. The SMILES string of the molecule is CCOc1cc(C=C(C#N)c2ccccc2F)ccc1OCc1ccc(C)cc1. The molecule has 4 heteroatoms. The molecule has 0 amide bonds. The first-order valence-electron chi connectivity index (χ1n) is 9.42. The van der Waals surface area contributed by atoms with Crippen molar-refractivity contribution in [3.05, 3.63) is 94.8 Å². The van der Waals surface area contributed by atoms with E-state index in [2.05, 4.69) is 6.07 Å². The van der Waals surface area contributed by atoms with Gasteiger partial charge in [0.25, 0.3) is 0 Å². The number of allylic oxidation sites excluding steroid dienone is 1. The maximum absolute atomic E-state index is 14.0. The van der Waals surface area contributed by atoms with Crippen LogP contribution in [0.1, 0.15) is 29.2 Å². The van der Waals surface area contributed by atoms with Crippen LogP contribution in [0.2, 0.25) is 0 Å². The highest BCUT2D eigenvalue weighted by Gasteiger charge is 2.10. The second-order valence-electron chi connectivity index (χ2n) is 6.56. The van der Waals surface area contributed by atoms with Gasteiger partial charge in [-0.2, -0.15) is 5.26 Å². The standard InChI is InChI=1S/C25H22FNO2/c1-3-28-25-15-20(14-21(16-27)22-6-4-5-7-23(22)26)12-13-24(25)29-17-19-10-8-18(2)9-11-19/h4-15H,3,17H2,1-2H3. The van der Waals surface area contributed by atoms with E-state index < -0.39 is 5.82 Å². The third-order valence-corrected chi connectivity index (χ3v) is 4.38. The van der Waals surface area contributed by atoms with Gasteiger partial charge in [0.15, 0.2) is 11.5 Å². The van der Waals surface area contributed by atoms with Crippen LogP contribution in [0.4, 0.5) is 4.39 Å². The first-order chi connectivity index (χ1) is 14.1. The summed E-state index contributed by atoms with van der Waals surface area (Å²) in [7, 11) is 0. The molecule has 0 fully saturated rings. The van der Waals surface area contributed by atoms with Crippen LogP contribution in [0.15, 0.2) is 66.7 Å². The number of nitriles is 1. The number of halogens is 1. The minimum atomic E-state index is -0.427. The van der Waals surface area contributed by atoms with Crippen molar-refractivity contribution in [1.82, 2.24) is 0 Å². The van der Waals surface area contributed by atoms with E-state index in [9.17, 15) is 9.65 Å². The van der Waals surface area contributed by atoms with E-state index >= 15 is 0 Å². The molecule has 0 aliphatic rings. The molecule has 0 unspecified atom stereocenters. The lowest BCUT2D eigenvalue weighted by Gasteiger charge is -2.13. The highest BCUT2D eigenvalue weighted by atomic mass is 19.1. The smallest absolute Gasteiger partial charge is 0.161 e. The van der Waals surface area contributed by atoms with E-state index in [1.54, 1.807) is 36.4 Å². The predicted molar refractivity (Wildman–Crippen MR) is 113 cm³/mol. The molecule has 3 aromatic carbocycles.